The second-order valence-corrected chi connectivity index (χ2v) is 3.80. The number of hydrogen-bond donors (Lipinski definition) is 1. The molecule has 0 spiro atoms. The molecule has 1 aromatic carbocycles. The number of benzene rings is 1. The zero-order valence-electron chi connectivity index (χ0n) is 8.29. The number of nitriles is 1. The molecule has 1 N–H and O–H groups in total. The van der Waals surface area contributed by atoms with Gasteiger partial charge in [0.2, 0.25) is 0 Å². The van der Waals surface area contributed by atoms with Crippen LogP contribution in [0.5, 0.6) is 0 Å². The van der Waals surface area contributed by atoms with E-state index in [4.69, 9.17) is 5.26 Å². The van der Waals surface area contributed by atoms with Gasteiger partial charge in [0.15, 0.2) is 0 Å². The Morgan fingerprint density at radius 1 is 1.50 bits per heavy atom. The first-order valence-electron chi connectivity index (χ1n) is 4.61. The molecule has 0 saturated carbocycles. The van der Waals surface area contributed by atoms with Crippen molar-refractivity contribution in [1.29, 1.82) is 5.26 Å². The number of unbranched alkanes of at least 4 members (excludes halogenated alkanes) is 1. The van der Waals surface area contributed by atoms with Crippen LogP contribution < -0.4 is 5.32 Å². The molecule has 0 aliphatic heterocycles. The molecule has 0 bridgehead atoms. The van der Waals surface area contributed by atoms with E-state index in [-0.39, 0.29) is 0 Å². The summed E-state index contributed by atoms with van der Waals surface area (Å²) in [5, 5.41) is 11.7. The van der Waals surface area contributed by atoms with E-state index in [1.54, 1.807) is 11.8 Å². The number of rotatable bonds is 5. The van der Waals surface area contributed by atoms with Crippen LogP contribution in [0.4, 0.5) is 5.69 Å². The fourth-order valence-corrected chi connectivity index (χ4v) is 1.59. The minimum Gasteiger partial charge on any atom is -0.385 e. The SMILES string of the molecule is CSc1cccc(NCCCC#N)c1. The third kappa shape index (κ3) is 3.71. The summed E-state index contributed by atoms with van der Waals surface area (Å²) in [6.07, 6.45) is 3.59. The third-order valence-electron chi connectivity index (χ3n) is 1.86. The van der Waals surface area contributed by atoms with Crippen LogP contribution in [-0.4, -0.2) is 12.8 Å². The van der Waals surface area contributed by atoms with Crippen molar-refractivity contribution >= 4 is 17.4 Å². The zero-order valence-corrected chi connectivity index (χ0v) is 9.10. The van der Waals surface area contributed by atoms with Crippen molar-refractivity contribution in [3.63, 3.8) is 0 Å². The summed E-state index contributed by atoms with van der Waals surface area (Å²) in [4.78, 5) is 1.26. The van der Waals surface area contributed by atoms with Gasteiger partial charge in [-0.15, -0.1) is 11.8 Å². The Morgan fingerprint density at radius 2 is 2.36 bits per heavy atom. The molecule has 0 atom stereocenters. The van der Waals surface area contributed by atoms with Gasteiger partial charge in [0.1, 0.15) is 0 Å². The van der Waals surface area contributed by atoms with E-state index < -0.39 is 0 Å². The van der Waals surface area contributed by atoms with E-state index in [0.717, 1.165) is 18.7 Å². The van der Waals surface area contributed by atoms with E-state index >= 15 is 0 Å². The highest BCUT2D eigenvalue weighted by molar-refractivity contribution is 7.98. The molecule has 0 aromatic heterocycles. The van der Waals surface area contributed by atoms with Crippen molar-refractivity contribution in [2.75, 3.05) is 18.1 Å². The molecule has 0 aliphatic carbocycles. The topological polar surface area (TPSA) is 35.8 Å². The number of thioether (sulfide) groups is 1. The molecule has 2 nitrogen and oxygen atoms in total. The van der Waals surface area contributed by atoms with Gasteiger partial charge in [0.05, 0.1) is 6.07 Å². The van der Waals surface area contributed by atoms with Gasteiger partial charge in [-0.3, -0.25) is 0 Å². The van der Waals surface area contributed by atoms with Crippen molar-refractivity contribution in [1.82, 2.24) is 0 Å². The fraction of sp³-hybridized carbons (Fsp3) is 0.364. The summed E-state index contributed by atoms with van der Waals surface area (Å²) in [7, 11) is 0. The highest BCUT2D eigenvalue weighted by atomic mass is 32.2. The molecule has 0 fully saturated rings. The quantitative estimate of drug-likeness (QED) is 0.594. The monoisotopic (exact) mass is 206 g/mol. The summed E-state index contributed by atoms with van der Waals surface area (Å²) in [6.45, 7) is 0.866. The van der Waals surface area contributed by atoms with Crippen LogP contribution in [0.3, 0.4) is 0 Å². The van der Waals surface area contributed by atoms with Crippen LogP contribution in [0.1, 0.15) is 12.8 Å². The smallest absolute Gasteiger partial charge is 0.0622 e. The minimum atomic E-state index is 0.620. The molecule has 0 unspecified atom stereocenters. The maximum absolute atomic E-state index is 8.36. The van der Waals surface area contributed by atoms with Crippen LogP contribution in [0.15, 0.2) is 29.2 Å². The van der Waals surface area contributed by atoms with Gasteiger partial charge < -0.3 is 5.32 Å². The third-order valence-corrected chi connectivity index (χ3v) is 2.59. The molecule has 74 valence electrons. The predicted molar refractivity (Wildman–Crippen MR) is 61.6 cm³/mol. The highest BCUT2D eigenvalue weighted by Crippen LogP contribution is 2.18. The highest BCUT2D eigenvalue weighted by Gasteiger charge is 1.93. The Labute approximate surface area is 89.3 Å². The first kappa shape index (κ1) is 10.9. The Kier molecular flexibility index (Phi) is 4.95. The van der Waals surface area contributed by atoms with Gasteiger partial charge in [-0.1, -0.05) is 6.07 Å². The molecule has 0 aliphatic rings. The van der Waals surface area contributed by atoms with E-state index in [0.29, 0.717) is 6.42 Å². The Balaban J connectivity index is 2.39. The van der Waals surface area contributed by atoms with E-state index in [9.17, 15) is 0 Å². The van der Waals surface area contributed by atoms with E-state index in [1.807, 2.05) is 12.1 Å². The molecule has 0 saturated heterocycles. The average Bonchev–Trinajstić information content (AvgIpc) is 2.25. The lowest BCUT2D eigenvalue weighted by Gasteiger charge is -2.05. The largest absolute Gasteiger partial charge is 0.385 e. The van der Waals surface area contributed by atoms with Gasteiger partial charge in [-0.2, -0.15) is 5.26 Å². The number of nitrogens with one attached hydrogen (secondary N) is 1. The van der Waals surface area contributed by atoms with Crippen LogP contribution in [0, 0.1) is 11.3 Å². The standard InChI is InChI=1S/C11H14N2S/c1-14-11-6-4-5-10(9-11)13-8-3-2-7-12/h4-6,9,13H,2-3,8H2,1H3. The minimum absolute atomic E-state index is 0.620. The second kappa shape index (κ2) is 6.33. The molecule has 0 radical (unpaired) electrons. The van der Waals surface area contributed by atoms with Gasteiger partial charge in [-0.05, 0) is 30.9 Å². The maximum atomic E-state index is 8.36. The Hall–Kier alpha value is -1.14. The van der Waals surface area contributed by atoms with Crippen molar-refractivity contribution in [2.45, 2.75) is 17.7 Å². The summed E-state index contributed by atoms with van der Waals surface area (Å²) >= 11 is 1.73. The first-order chi connectivity index (χ1) is 6.86. The van der Waals surface area contributed by atoms with Crippen molar-refractivity contribution < 1.29 is 0 Å². The second-order valence-electron chi connectivity index (χ2n) is 2.92. The molecule has 1 aromatic rings. The Bertz CT molecular complexity index is 317. The average molecular weight is 206 g/mol. The fourth-order valence-electron chi connectivity index (χ4n) is 1.13. The number of anilines is 1. The summed E-state index contributed by atoms with van der Waals surface area (Å²) < 4.78 is 0. The molecule has 3 heteroatoms. The zero-order chi connectivity index (χ0) is 10.2. The lowest BCUT2D eigenvalue weighted by molar-refractivity contribution is 0.897. The van der Waals surface area contributed by atoms with Crippen LogP contribution in [0.25, 0.3) is 0 Å². The van der Waals surface area contributed by atoms with Crippen molar-refractivity contribution in [3.8, 4) is 6.07 Å². The summed E-state index contributed by atoms with van der Waals surface area (Å²) in [6, 6.07) is 10.4. The molecular formula is C11H14N2S. The molecule has 14 heavy (non-hydrogen) atoms. The van der Waals surface area contributed by atoms with Crippen LogP contribution >= 0.6 is 11.8 Å². The lowest BCUT2D eigenvalue weighted by Crippen LogP contribution is -2.00. The van der Waals surface area contributed by atoms with Gasteiger partial charge in [0, 0.05) is 23.5 Å². The lowest BCUT2D eigenvalue weighted by atomic mass is 10.3. The summed E-state index contributed by atoms with van der Waals surface area (Å²) in [5.74, 6) is 0. The van der Waals surface area contributed by atoms with E-state index in [2.05, 4.69) is 29.8 Å². The molecule has 0 heterocycles. The first-order valence-corrected chi connectivity index (χ1v) is 5.84. The normalized spacial score (nSPS) is 9.43. The van der Waals surface area contributed by atoms with Gasteiger partial charge in [-0.25, -0.2) is 0 Å². The van der Waals surface area contributed by atoms with Crippen molar-refractivity contribution in [2.24, 2.45) is 0 Å². The maximum Gasteiger partial charge on any atom is 0.0622 e. The predicted octanol–water partition coefficient (Wildman–Crippen LogP) is 3.12. The molecular weight excluding hydrogens is 192 g/mol. The van der Waals surface area contributed by atoms with Gasteiger partial charge >= 0.3 is 0 Å². The van der Waals surface area contributed by atoms with Gasteiger partial charge in [0.25, 0.3) is 0 Å². The summed E-state index contributed by atoms with van der Waals surface area (Å²) in [5.41, 5.74) is 1.13. The molecule has 0 amide bonds. The number of nitrogens with zero attached hydrogens (tertiary/aromatic N) is 1. The van der Waals surface area contributed by atoms with Crippen molar-refractivity contribution in [3.05, 3.63) is 24.3 Å². The van der Waals surface area contributed by atoms with Crippen LogP contribution in [-0.2, 0) is 0 Å². The Morgan fingerprint density at radius 3 is 3.07 bits per heavy atom. The molecule has 1 rings (SSSR count). The van der Waals surface area contributed by atoms with Crippen LogP contribution in [0.2, 0.25) is 0 Å². The van der Waals surface area contributed by atoms with E-state index in [1.165, 1.54) is 4.90 Å². The number of hydrogen-bond acceptors (Lipinski definition) is 3.